The van der Waals surface area contributed by atoms with E-state index in [2.05, 4.69) is 46.1 Å². The van der Waals surface area contributed by atoms with Gasteiger partial charge < -0.3 is 10.2 Å². The van der Waals surface area contributed by atoms with Gasteiger partial charge in [-0.15, -0.1) is 0 Å². The van der Waals surface area contributed by atoms with E-state index in [4.69, 9.17) is 0 Å². The summed E-state index contributed by atoms with van der Waals surface area (Å²) in [5, 5.41) is 3.33. The van der Waals surface area contributed by atoms with Crippen LogP contribution in [0.2, 0.25) is 0 Å². The quantitative estimate of drug-likeness (QED) is 0.861. The third-order valence-electron chi connectivity index (χ3n) is 3.45. The zero-order valence-electron chi connectivity index (χ0n) is 11.8. The van der Waals surface area contributed by atoms with Crippen LogP contribution in [0.1, 0.15) is 20.3 Å². The fourth-order valence-electron chi connectivity index (χ4n) is 1.85. The smallest absolute Gasteiger partial charge is 0.180 e. The van der Waals surface area contributed by atoms with Gasteiger partial charge in [0.2, 0.25) is 0 Å². The van der Waals surface area contributed by atoms with Gasteiger partial charge in [-0.2, -0.15) is 0 Å². The highest BCUT2D eigenvalue weighted by molar-refractivity contribution is 5.71. The van der Waals surface area contributed by atoms with Crippen molar-refractivity contribution in [2.45, 2.75) is 26.3 Å². The Labute approximate surface area is 114 Å². The van der Waals surface area contributed by atoms with Crippen LogP contribution < -0.4 is 5.32 Å². The topological polar surface area (TPSA) is 53.9 Å². The van der Waals surface area contributed by atoms with Crippen LogP contribution in [0.4, 0.5) is 5.82 Å². The lowest BCUT2D eigenvalue weighted by Gasteiger charge is -2.23. The van der Waals surface area contributed by atoms with E-state index in [0.29, 0.717) is 11.7 Å². The first kappa shape index (κ1) is 13.7. The fraction of sp³-hybridized carbons (Fsp3) is 0.500. The highest BCUT2D eigenvalue weighted by Crippen LogP contribution is 2.09. The van der Waals surface area contributed by atoms with Gasteiger partial charge in [0.1, 0.15) is 11.3 Å². The first-order chi connectivity index (χ1) is 9.20. The Morgan fingerprint density at radius 3 is 2.84 bits per heavy atom. The van der Waals surface area contributed by atoms with Crippen LogP contribution in [0.15, 0.2) is 24.5 Å². The molecule has 5 nitrogen and oxygen atoms in total. The minimum atomic E-state index is 0.609. The lowest BCUT2D eigenvalue weighted by molar-refractivity contribution is 0.261. The summed E-state index contributed by atoms with van der Waals surface area (Å²) >= 11 is 0. The lowest BCUT2D eigenvalue weighted by Crippen LogP contribution is -2.32. The Balaban J connectivity index is 1.91. The molecular formula is C14H21N5. The van der Waals surface area contributed by atoms with E-state index in [1.807, 2.05) is 12.1 Å². The SMILES string of the molecule is CCC(C)N(C)CCNc1ccc2nccnc2n1. The molecule has 0 fully saturated rings. The molecule has 1 unspecified atom stereocenters. The monoisotopic (exact) mass is 259 g/mol. The van der Waals surface area contributed by atoms with E-state index in [-0.39, 0.29) is 0 Å². The Morgan fingerprint density at radius 2 is 2.05 bits per heavy atom. The second kappa shape index (κ2) is 6.43. The number of rotatable bonds is 6. The summed E-state index contributed by atoms with van der Waals surface area (Å²) in [6.45, 7) is 6.32. The summed E-state index contributed by atoms with van der Waals surface area (Å²) in [5.41, 5.74) is 1.51. The molecule has 2 heterocycles. The summed E-state index contributed by atoms with van der Waals surface area (Å²) < 4.78 is 0. The van der Waals surface area contributed by atoms with E-state index in [9.17, 15) is 0 Å². The zero-order chi connectivity index (χ0) is 13.7. The molecular weight excluding hydrogens is 238 g/mol. The molecule has 0 saturated carbocycles. The van der Waals surface area contributed by atoms with E-state index in [1.165, 1.54) is 6.42 Å². The van der Waals surface area contributed by atoms with Gasteiger partial charge in [0.15, 0.2) is 5.65 Å². The van der Waals surface area contributed by atoms with E-state index in [0.717, 1.165) is 24.4 Å². The summed E-state index contributed by atoms with van der Waals surface area (Å²) in [6.07, 6.45) is 4.51. The van der Waals surface area contributed by atoms with Gasteiger partial charge in [-0.3, -0.25) is 4.98 Å². The number of nitrogens with zero attached hydrogens (tertiary/aromatic N) is 4. The number of likely N-dealkylation sites (N-methyl/N-ethyl adjacent to an activating group) is 1. The molecule has 2 aromatic heterocycles. The van der Waals surface area contributed by atoms with Gasteiger partial charge in [-0.25, -0.2) is 9.97 Å². The summed E-state index contributed by atoms with van der Waals surface area (Å²) in [7, 11) is 2.15. The van der Waals surface area contributed by atoms with E-state index in [1.54, 1.807) is 12.4 Å². The predicted molar refractivity (Wildman–Crippen MR) is 78.2 cm³/mol. The normalized spacial score (nSPS) is 12.8. The van der Waals surface area contributed by atoms with Crippen molar-refractivity contribution in [1.29, 1.82) is 0 Å². The van der Waals surface area contributed by atoms with Gasteiger partial charge >= 0.3 is 0 Å². The number of nitrogens with one attached hydrogen (secondary N) is 1. The maximum atomic E-state index is 4.43. The highest BCUT2D eigenvalue weighted by atomic mass is 15.1. The van der Waals surface area contributed by atoms with Crippen LogP contribution >= 0.6 is 0 Å². The molecule has 0 radical (unpaired) electrons. The van der Waals surface area contributed by atoms with Crippen molar-refractivity contribution in [2.24, 2.45) is 0 Å². The molecule has 5 heteroatoms. The summed E-state index contributed by atoms with van der Waals surface area (Å²) in [4.78, 5) is 15.2. The average Bonchev–Trinajstić information content (AvgIpc) is 2.46. The summed E-state index contributed by atoms with van der Waals surface area (Å²) in [6, 6.07) is 4.49. The second-order valence-electron chi connectivity index (χ2n) is 4.76. The second-order valence-corrected chi connectivity index (χ2v) is 4.76. The van der Waals surface area contributed by atoms with Crippen molar-refractivity contribution in [3.63, 3.8) is 0 Å². The van der Waals surface area contributed by atoms with Gasteiger partial charge in [-0.05, 0) is 32.5 Å². The molecule has 0 aliphatic rings. The Bertz CT molecular complexity index is 528. The highest BCUT2D eigenvalue weighted by Gasteiger charge is 2.06. The molecule has 0 spiro atoms. The molecule has 0 saturated heterocycles. The number of anilines is 1. The van der Waals surface area contributed by atoms with Crippen LogP contribution in [-0.2, 0) is 0 Å². The number of hydrogen-bond acceptors (Lipinski definition) is 5. The zero-order valence-corrected chi connectivity index (χ0v) is 11.8. The van der Waals surface area contributed by atoms with Gasteiger partial charge in [0, 0.05) is 31.5 Å². The standard InChI is InChI=1S/C14H21N5/c1-4-11(2)19(3)10-9-16-13-6-5-12-14(18-13)17-8-7-15-12/h5-8,11H,4,9-10H2,1-3H3,(H,16,17,18). The minimum absolute atomic E-state index is 0.609. The number of fused-ring (bicyclic) bond motifs is 1. The molecule has 0 aliphatic heterocycles. The molecule has 2 aromatic rings. The third-order valence-corrected chi connectivity index (χ3v) is 3.45. The maximum absolute atomic E-state index is 4.43. The first-order valence-corrected chi connectivity index (χ1v) is 6.72. The molecule has 0 aromatic carbocycles. The van der Waals surface area contributed by atoms with Crippen molar-refractivity contribution >= 4 is 17.0 Å². The largest absolute Gasteiger partial charge is 0.369 e. The number of pyridine rings is 1. The third kappa shape index (κ3) is 3.61. The van der Waals surface area contributed by atoms with Gasteiger partial charge in [-0.1, -0.05) is 6.92 Å². The van der Waals surface area contributed by atoms with Crippen molar-refractivity contribution in [2.75, 3.05) is 25.5 Å². The minimum Gasteiger partial charge on any atom is -0.369 e. The van der Waals surface area contributed by atoms with Crippen molar-refractivity contribution < 1.29 is 0 Å². The van der Waals surface area contributed by atoms with E-state index < -0.39 is 0 Å². The summed E-state index contributed by atoms with van der Waals surface area (Å²) in [5.74, 6) is 0.852. The van der Waals surface area contributed by atoms with E-state index >= 15 is 0 Å². The van der Waals surface area contributed by atoms with Crippen LogP contribution in [0.3, 0.4) is 0 Å². The Kier molecular flexibility index (Phi) is 4.63. The molecule has 2 rings (SSSR count). The van der Waals surface area contributed by atoms with Crippen LogP contribution in [0.25, 0.3) is 11.2 Å². The average molecular weight is 259 g/mol. The van der Waals surface area contributed by atoms with Crippen LogP contribution in [0.5, 0.6) is 0 Å². The van der Waals surface area contributed by atoms with Gasteiger partial charge in [0.05, 0.1) is 0 Å². The molecule has 1 atom stereocenters. The Morgan fingerprint density at radius 1 is 1.26 bits per heavy atom. The van der Waals surface area contributed by atoms with Crippen LogP contribution in [-0.4, -0.2) is 46.0 Å². The predicted octanol–water partition coefficient (Wildman–Crippen LogP) is 2.17. The molecule has 19 heavy (non-hydrogen) atoms. The van der Waals surface area contributed by atoms with Gasteiger partial charge in [0.25, 0.3) is 0 Å². The maximum Gasteiger partial charge on any atom is 0.180 e. The molecule has 102 valence electrons. The molecule has 1 N–H and O–H groups in total. The van der Waals surface area contributed by atoms with Crippen LogP contribution in [0, 0.1) is 0 Å². The Hall–Kier alpha value is -1.75. The first-order valence-electron chi connectivity index (χ1n) is 6.72. The fourth-order valence-corrected chi connectivity index (χ4v) is 1.85. The molecule has 0 bridgehead atoms. The lowest BCUT2D eigenvalue weighted by atomic mass is 10.2. The molecule has 0 amide bonds. The van der Waals surface area contributed by atoms with Crippen molar-refractivity contribution in [3.8, 4) is 0 Å². The number of hydrogen-bond donors (Lipinski definition) is 1. The van der Waals surface area contributed by atoms with Crippen molar-refractivity contribution in [3.05, 3.63) is 24.5 Å². The molecule has 0 aliphatic carbocycles. The van der Waals surface area contributed by atoms with Crippen molar-refractivity contribution in [1.82, 2.24) is 19.9 Å². The number of aromatic nitrogens is 3.